The van der Waals surface area contributed by atoms with E-state index >= 15 is 0 Å². The molecule has 0 aliphatic rings. The second kappa shape index (κ2) is 5.66. The molecular formula is C14H21N3O3. The average molecular weight is 286 g/mol. The van der Waals surface area contributed by atoms with Crippen LogP contribution in [0, 0.1) is 6.92 Å². The molecule has 2 heterocycles. The number of fused-ring (bicyclic) bond motifs is 1. The van der Waals surface area contributed by atoms with Crippen LogP contribution in [0.3, 0.4) is 0 Å². The average Bonchev–Trinajstić information content (AvgIpc) is 2.83. The van der Waals surface area contributed by atoms with Crippen LogP contribution in [0.5, 0.6) is 0 Å². The van der Waals surface area contributed by atoms with E-state index in [1.807, 2.05) is 0 Å². The van der Waals surface area contributed by atoms with Crippen molar-refractivity contribution in [2.75, 3.05) is 0 Å². The van der Waals surface area contributed by atoms with E-state index in [2.05, 4.69) is 4.98 Å². The van der Waals surface area contributed by atoms with Gasteiger partial charge in [-0.1, -0.05) is 0 Å². The Bertz CT molecular complexity index is 985. The zero-order valence-electron chi connectivity index (χ0n) is 18.3. The van der Waals surface area contributed by atoms with Gasteiger partial charge in [0.15, 0.2) is 0 Å². The number of H-pyrrole nitrogens is 1. The molecular weight excluding hydrogens is 258 g/mol. The van der Waals surface area contributed by atoms with Crippen LogP contribution in [-0.4, -0.2) is 25.3 Å². The minimum Gasteiger partial charge on any atom is -0.393 e. The molecule has 2 rings (SSSR count). The molecule has 0 saturated carbocycles. The first-order chi connectivity index (χ1) is 12.1. The molecule has 0 aliphatic carbocycles. The maximum Gasteiger partial charge on any atom is 0.332 e. The van der Waals surface area contributed by atoms with Gasteiger partial charge in [-0.2, -0.15) is 0 Å². The molecule has 1 unspecified atom stereocenters. The molecule has 0 saturated heterocycles. The molecule has 2 aromatic rings. The molecule has 110 valence electrons. The minimum atomic E-state index is -3.32. The Hall–Kier alpha value is -1.82. The highest BCUT2D eigenvalue weighted by Gasteiger charge is 2.13. The van der Waals surface area contributed by atoms with Gasteiger partial charge in [-0.05, 0) is 38.6 Å². The fourth-order valence-electron chi connectivity index (χ4n) is 2.11. The molecule has 2 aromatic heterocycles. The lowest BCUT2D eigenvalue weighted by Gasteiger charge is -2.09. The summed E-state index contributed by atoms with van der Waals surface area (Å²) in [6, 6.07) is 0. The highest BCUT2D eigenvalue weighted by atomic mass is 16.3. The first-order valence-corrected chi connectivity index (χ1v) is 6.14. The summed E-state index contributed by atoms with van der Waals surface area (Å²) in [7, 11) is 1.42. The molecule has 0 spiro atoms. The lowest BCUT2D eigenvalue weighted by Crippen LogP contribution is -2.39. The number of nitrogens with one attached hydrogen (secondary N) is 1. The number of hydrogen-bond acceptors (Lipinski definition) is 3. The maximum atomic E-state index is 12.6. The summed E-state index contributed by atoms with van der Waals surface area (Å²) in [5.41, 5.74) is -0.733. The van der Waals surface area contributed by atoms with Crippen LogP contribution in [0.2, 0.25) is 0 Å². The van der Waals surface area contributed by atoms with Crippen molar-refractivity contribution < 1.29 is 14.7 Å². The number of aromatic amines is 1. The SMILES string of the molecule is [2H]c1[nH]c2c(c1C)c(=O)n(CCCC([2H])([2H])C([2H])(O)C([2H])([2H])[2H])c(=O)n2C. The predicted octanol–water partition coefficient (Wildman–Crippen LogP) is 0.888. The molecule has 0 amide bonds. The number of rotatable bonds is 5. The topological polar surface area (TPSA) is 80.0 Å². The van der Waals surface area contributed by atoms with Gasteiger partial charge in [-0.15, -0.1) is 0 Å². The largest absolute Gasteiger partial charge is 0.393 e. The van der Waals surface area contributed by atoms with Crippen LogP contribution < -0.4 is 11.2 Å². The van der Waals surface area contributed by atoms with Crippen molar-refractivity contribution in [2.24, 2.45) is 7.05 Å². The van der Waals surface area contributed by atoms with E-state index in [1.165, 1.54) is 11.6 Å². The highest BCUT2D eigenvalue weighted by Crippen LogP contribution is 2.10. The van der Waals surface area contributed by atoms with E-state index < -0.39 is 37.0 Å². The van der Waals surface area contributed by atoms with Crippen molar-refractivity contribution in [2.45, 2.75) is 45.6 Å². The van der Waals surface area contributed by atoms with Crippen LogP contribution in [0.4, 0.5) is 0 Å². The smallest absolute Gasteiger partial charge is 0.332 e. The van der Waals surface area contributed by atoms with Gasteiger partial charge in [0.1, 0.15) is 5.65 Å². The van der Waals surface area contributed by atoms with E-state index in [0.29, 0.717) is 5.56 Å². The Kier molecular flexibility index (Phi) is 2.22. The molecule has 0 radical (unpaired) electrons. The number of aliphatic hydroxyl groups is 1. The predicted molar refractivity (Wildman–Crippen MR) is 78.1 cm³/mol. The summed E-state index contributed by atoms with van der Waals surface area (Å²) < 4.78 is 54.1. The van der Waals surface area contributed by atoms with Gasteiger partial charge in [-0.3, -0.25) is 13.9 Å². The zero-order chi connectivity index (χ0) is 20.9. The monoisotopic (exact) mass is 286 g/mol. The number of aromatic nitrogens is 3. The standard InChI is InChI=1S/C14H21N3O3/c1-9-8-15-12-11(9)13(19)17(14(20)16(12)3)7-5-4-6-10(2)18/h8,10,15,18H,4-7H2,1-3H3/i2D3,6D2,8D,10D. The molecule has 2 N–H and O–H groups in total. The first kappa shape index (κ1) is 7.83. The van der Waals surface area contributed by atoms with Crippen LogP contribution in [0.25, 0.3) is 11.0 Å². The lowest BCUT2D eigenvalue weighted by atomic mass is 10.2. The summed E-state index contributed by atoms with van der Waals surface area (Å²) in [5, 5.41) is 9.95. The third-order valence-corrected chi connectivity index (χ3v) is 3.14. The van der Waals surface area contributed by atoms with Crippen molar-refractivity contribution >= 4 is 11.0 Å². The van der Waals surface area contributed by atoms with Crippen molar-refractivity contribution in [1.82, 2.24) is 14.1 Å². The molecule has 6 nitrogen and oxygen atoms in total. The van der Waals surface area contributed by atoms with Crippen molar-refractivity contribution in [1.29, 1.82) is 0 Å². The van der Waals surface area contributed by atoms with Crippen molar-refractivity contribution in [3.63, 3.8) is 0 Å². The Labute approximate surface area is 126 Å². The van der Waals surface area contributed by atoms with Crippen LogP contribution in [0.15, 0.2) is 15.8 Å². The summed E-state index contributed by atoms with van der Waals surface area (Å²) in [5.74, 6) is 0. The van der Waals surface area contributed by atoms with E-state index in [0.717, 1.165) is 4.57 Å². The Morgan fingerprint density at radius 3 is 3.05 bits per heavy atom. The molecule has 0 fully saturated rings. The summed E-state index contributed by atoms with van der Waals surface area (Å²) in [6.45, 7) is -1.92. The molecule has 6 heteroatoms. The number of nitrogens with zero attached hydrogens (tertiary/aromatic N) is 2. The van der Waals surface area contributed by atoms with Crippen molar-refractivity contribution in [3.05, 3.63) is 32.6 Å². The van der Waals surface area contributed by atoms with Gasteiger partial charge >= 0.3 is 5.69 Å². The summed E-state index contributed by atoms with van der Waals surface area (Å²) in [4.78, 5) is 27.7. The first-order valence-electron chi connectivity index (χ1n) is 9.64. The van der Waals surface area contributed by atoms with Gasteiger partial charge in [0.05, 0.1) is 14.2 Å². The number of hydrogen-bond donors (Lipinski definition) is 2. The van der Waals surface area contributed by atoms with E-state index in [4.69, 9.17) is 9.60 Å². The quantitative estimate of drug-likeness (QED) is 0.856. The Morgan fingerprint density at radius 1 is 1.60 bits per heavy atom. The van der Waals surface area contributed by atoms with Gasteiger partial charge in [0.2, 0.25) is 0 Å². The van der Waals surface area contributed by atoms with Crippen LogP contribution >= 0.6 is 0 Å². The van der Waals surface area contributed by atoms with E-state index in [9.17, 15) is 14.7 Å². The minimum absolute atomic E-state index is 0.00290. The molecule has 1 atom stereocenters. The summed E-state index contributed by atoms with van der Waals surface area (Å²) >= 11 is 0. The molecule has 0 aromatic carbocycles. The summed E-state index contributed by atoms with van der Waals surface area (Å²) in [6.07, 6.45) is -6.80. The third kappa shape index (κ3) is 2.56. The Balaban J connectivity index is 2.35. The fourth-order valence-corrected chi connectivity index (χ4v) is 2.11. The van der Waals surface area contributed by atoms with Gasteiger partial charge in [-0.25, -0.2) is 4.79 Å². The fraction of sp³-hybridized carbons (Fsp3) is 0.571. The maximum absolute atomic E-state index is 12.6. The van der Waals surface area contributed by atoms with Gasteiger partial charge in [0.25, 0.3) is 5.56 Å². The normalized spacial score (nSPS) is 21.1. The van der Waals surface area contributed by atoms with Crippen LogP contribution in [0.1, 0.15) is 41.2 Å². The van der Waals surface area contributed by atoms with Crippen LogP contribution in [-0.2, 0) is 13.6 Å². The highest BCUT2D eigenvalue weighted by molar-refractivity contribution is 5.78. The van der Waals surface area contributed by atoms with E-state index in [1.54, 1.807) is 6.92 Å². The second-order valence-corrected chi connectivity index (χ2v) is 4.53. The van der Waals surface area contributed by atoms with E-state index in [-0.39, 0.29) is 30.2 Å². The lowest BCUT2D eigenvalue weighted by molar-refractivity contribution is 0.180. The third-order valence-electron chi connectivity index (χ3n) is 3.14. The van der Waals surface area contributed by atoms with Crippen molar-refractivity contribution in [3.8, 4) is 0 Å². The second-order valence-electron chi connectivity index (χ2n) is 4.53. The zero-order valence-corrected chi connectivity index (χ0v) is 11.3. The Morgan fingerprint density at radius 2 is 2.35 bits per heavy atom. The molecule has 20 heavy (non-hydrogen) atoms. The molecule has 0 aliphatic heterocycles. The van der Waals surface area contributed by atoms with Gasteiger partial charge < -0.3 is 10.1 Å². The number of aryl methyl sites for hydroxylation is 2. The molecule has 0 bridgehead atoms. The van der Waals surface area contributed by atoms with Gasteiger partial charge in [0, 0.05) is 26.6 Å².